The molecule has 0 radical (unpaired) electrons. The van der Waals surface area contributed by atoms with Gasteiger partial charge in [0.25, 0.3) is 11.8 Å². The van der Waals surface area contributed by atoms with Crippen molar-refractivity contribution in [2.24, 2.45) is 0 Å². The molecule has 1 aromatic heterocycles. The summed E-state index contributed by atoms with van der Waals surface area (Å²) in [6.45, 7) is 0.842. The standard InChI is InChI=1S/C20H21BrFN3O3S/c1-24(20(28)16-6-7-17(21)29-16)12-18(26)23-13-8-10-25(11-9-13)19(27)14-4-2-3-5-15(14)22/h2-7,13H,8-12H2,1H3,(H,23,26). The van der Waals surface area contributed by atoms with E-state index >= 15 is 0 Å². The van der Waals surface area contributed by atoms with E-state index in [1.54, 1.807) is 36.2 Å². The Labute approximate surface area is 180 Å². The van der Waals surface area contributed by atoms with Gasteiger partial charge in [-0.2, -0.15) is 0 Å². The number of amides is 3. The van der Waals surface area contributed by atoms with Crippen molar-refractivity contribution < 1.29 is 18.8 Å². The second-order valence-corrected chi connectivity index (χ2v) is 9.34. The average molecular weight is 482 g/mol. The highest BCUT2D eigenvalue weighted by Gasteiger charge is 2.26. The number of nitrogens with zero attached hydrogens (tertiary/aromatic N) is 2. The van der Waals surface area contributed by atoms with Crippen molar-refractivity contribution in [3.63, 3.8) is 0 Å². The third kappa shape index (κ3) is 5.42. The monoisotopic (exact) mass is 481 g/mol. The van der Waals surface area contributed by atoms with Crippen molar-refractivity contribution in [1.29, 1.82) is 0 Å². The number of likely N-dealkylation sites (N-methyl/N-ethyl adjacent to an activating group) is 1. The first-order valence-electron chi connectivity index (χ1n) is 9.19. The van der Waals surface area contributed by atoms with Gasteiger partial charge in [0.15, 0.2) is 0 Å². The van der Waals surface area contributed by atoms with Crippen LogP contribution in [0.4, 0.5) is 4.39 Å². The molecule has 0 unspecified atom stereocenters. The Morgan fingerprint density at radius 2 is 1.90 bits per heavy atom. The van der Waals surface area contributed by atoms with Gasteiger partial charge in [-0.3, -0.25) is 14.4 Å². The molecule has 1 aromatic carbocycles. The molecule has 29 heavy (non-hydrogen) atoms. The lowest BCUT2D eigenvalue weighted by Gasteiger charge is -2.32. The van der Waals surface area contributed by atoms with Gasteiger partial charge in [0, 0.05) is 26.2 Å². The molecule has 0 aliphatic carbocycles. The first-order valence-corrected chi connectivity index (χ1v) is 10.8. The van der Waals surface area contributed by atoms with Crippen LogP contribution in [-0.4, -0.2) is 60.2 Å². The zero-order chi connectivity index (χ0) is 21.0. The average Bonchev–Trinajstić information content (AvgIpc) is 3.14. The number of nitrogens with one attached hydrogen (secondary N) is 1. The molecular formula is C20H21BrFN3O3S. The molecular weight excluding hydrogens is 461 g/mol. The lowest BCUT2D eigenvalue weighted by molar-refractivity contribution is -0.122. The van der Waals surface area contributed by atoms with Crippen LogP contribution in [0.1, 0.15) is 32.9 Å². The highest BCUT2D eigenvalue weighted by atomic mass is 79.9. The fourth-order valence-corrected chi connectivity index (χ4v) is 4.59. The summed E-state index contributed by atoms with van der Waals surface area (Å²) in [6, 6.07) is 9.36. The van der Waals surface area contributed by atoms with Crippen LogP contribution in [0.3, 0.4) is 0 Å². The summed E-state index contributed by atoms with van der Waals surface area (Å²) in [6.07, 6.45) is 1.17. The fourth-order valence-electron chi connectivity index (χ4n) is 3.21. The van der Waals surface area contributed by atoms with Crippen molar-refractivity contribution in [2.75, 3.05) is 26.7 Å². The predicted octanol–water partition coefficient (Wildman–Crippen LogP) is 3.14. The smallest absolute Gasteiger partial charge is 0.264 e. The molecule has 3 rings (SSSR count). The van der Waals surface area contributed by atoms with Crippen molar-refractivity contribution in [2.45, 2.75) is 18.9 Å². The van der Waals surface area contributed by atoms with E-state index < -0.39 is 5.82 Å². The quantitative estimate of drug-likeness (QED) is 0.712. The van der Waals surface area contributed by atoms with Crippen molar-refractivity contribution in [1.82, 2.24) is 15.1 Å². The van der Waals surface area contributed by atoms with Gasteiger partial charge in [-0.05, 0) is 53.0 Å². The van der Waals surface area contributed by atoms with E-state index in [0.717, 1.165) is 3.79 Å². The molecule has 2 heterocycles. The topological polar surface area (TPSA) is 69.7 Å². The van der Waals surface area contributed by atoms with Gasteiger partial charge in [-0.25, -0.2) is 4.39 Å². The number of hydrogen-bond donors (Lipinski definition) is 1. The Bertz CT molecular complexity index is 912. The van der Waals surface area contributed by atoms with Crippen LogP contribution < -0.4 is 5.32 Å². The molecule has 1 aliphatic heterocycles. The summed E-state index contributed by atoms with van der Waals surface area (Å²) >= 11 is 4.64. The minimum absolute atomic E-state index is 0.0390. The number of benzene rings is 1. The molecule has 3 amide bonds. The van der Waals surface area contributed by atoms with Gasteiger partial charge in [-0.1, -0.05) is 12.1 Å². The van der Waals surface area contributed by atoms with E-state index in [1.165, 1.54) is 28.4 Å². The minimum Gasteiger partial charge on any atom is -0.352 e. The number of likely N-dealkylation sites (tertiary alicyclic amines) is 1. The van der Waals surface area contributed by atoms with E-state index in [-0.39, 0.29) is 35.9 Å². The second kappa shape index (κ2) is 9.49. The van der Waals surface area contributed by atoms with Gasteiger partial charge >= 0.3 is 0 Å². The molecule has 1 N–H and O–H groups in total. The van der Waals surface area contributed by atoms with Crippen LogP contribution in [0.25, 0.3) is 0 Å². The Morgan fingerprint density at radius 3 is 2.52 bits per heavy atom. The van der Waals surface area contributed by atoms with Gasteiger partial charge in [0.05, 0.1) is 20.8 Å². The number of carbonyl (C=O) groups excluding carboxylic acids is 3. The molecule has 1 aliphatic rings. The summed E-state index contributed by atoms with van der Waals surface area (Å²) in [5, 5.41) is 2.92. The van der Waals surface area contributed by atoms with E-state index in [4.69, 9.17) is 0 Å². The molecule has 1 saturated heterocycles. The lowest BCUT2D eigenvalue weighted by atomic mass is 10.0. The third-order valence-electron chi connectivity index (χ3n) is 4.76. The fraction of sp³-hybridized carbons (Fsp3) is 0.350. The molecule has 2 aromatic rings. The number of hydrogen-bond acceptors (Lipinski definition) is 4. The highest BCUT2D eigenvalue weighted by molar-refractivity contribution is 9.11. The second-order valence-electron chi connectivity index (χ2n) is 6.88. The van der Waals surface area contributed by atoms with Crippen molar-refractivity contribution >= 4 is 45.0 Å². The van der Waals surface area contributed by atoms with E-state index in [0.29, 0.717) is 30.8 Å². The van der Waals surface area contributed by atoms with Crippen molar-refractivity contribution in [3.8, 4) is 0 Å². The molecule has 154 valence electrons. The number of halogens is 2. The normalized spacial score (nSPS) is 14.5. The predicted molar refractivity (Wildman–Crippen MR) is 112 cm³/mol. The Morgan fingerprint density at radius 1 is 1.21 bits per heavy atom. The van der Waals surface area contributed by atoms with Gasteiger partial charge in [0.2, 0.25) is 5.91 Å². The van der Waals surface area contributed by atoms with Crippen LogP contribution in [0.15, 0.2) is 40.2 Å². The lowest BCUT2D eigenvalue weighted by Crippen LogP contribution is -2.49. The number of thiophene rings is 1. The van der Waals surface area contributed by atoms with Crippen molar-refractivity contribution in [3.05, 3.63) is 56.4 Å². The van der Waals surface area contributed by atoms with Crippen LogP contribution in [0.5, 0.6) is 0 Å². The largest absolute Gasteiger partial charge is 0.352 e. The molecule has 1 fully saturated rings. The van der Waals surface area contributed by atoms with Crippen LogP contribution in [0, 0.1) is 5.82 Å². The highest BCUT2D eigenvalue weighted by Crippen LogP contribution is 2.23. The zero-order valence-corrected chi connectivity index (χ0v) is 18.3. The van der Waals surface area contributed by atoms with Crippen LogP contribution >= 0.6 is 27.3 Å². The number of piperidine rings is 1. The molecule has 6 nitrogen and oxygen atoms in total. The Hall–Kier alpha value is -2.26. The zero-order valence-electron chi connectivity index (χ0n) is 15.9. The summed E-state index contributed by atoms with van der Waals surface area (Å²) in [7, 11) is 1.59. The van der Waals surface area contributed by atoms with Gasteiger partial charge < -0.3 is 15.1 Å². The maximum Gasteiger partial charge on any atom is 0.264 e. The number of carbonyl (C=O) groups is 3. The van der Waals surface area contributed by atoms with E-state index in [1.807, 2.05) is 0 Å². The molecule has 0 bridgehead atoms. The minimum atomic E-state index is -0.529. The van der Waals surface area contributed by atoms with Crippen LogP contribution in [0.2, 0.25) is 0 Å². The Kier molecular flexibility index (Phi) is 7.02. The van der Waals surface area contributed by atoms with E-state index in [9.17, 15) is 18.8 Å². The third-order valence-corrected chi connectivity index (χ3v) is 6.37. The summed E-state index contributed by atoms with van der Waals surface area (Å²) in [4.78, 5) is 40.6. The van der Waals surface area contributed by atoms with Gasteiger partial charge in [-0.15, -0.1) is 11.3 Å². The first kappa shape index (κ1) is 21.4. The molecule has 0 atom stereocenters. The summed E-state index contributed by atoms with van der Waals surface area (Å²) in [5.74, 6) is -1.31. The molecule has 0 spiro atoms. The summed E-state index contributed by atoms with van der Waals surface area (Å²) in [5.41, 5.74) is 0.0651. The summed E-state index contributed by atoms with van der Waals surface area (Å²) < 4.78 is 14.7. The molecule has 9 heteroatoms. The maximum atomic E-state index is 13.8. The SMILES string of the molecule is CN(CC(=O)NC1CCN(C(=O)c2ccccc2F)CC1)C(=O)c1ccc(Br)s1. The van der Waals surface area contributed by atoms with Crippen LogP contribution in [-0.2, 0) is 4.79 Å². The number of rotatable bonds is 5. The Balaban J connectivity index is 1.46. The maximum absolute atomic E-state index is 13.8. The molecule has 0 saturated carbocycles. The first-order chi connectivity index (χ1) is 13.8. The van der Waals surface area contributed by atoms with Gasteiger partial charge in [0.1, 0.15) is 5.82 Å². The van der Waals surface area contributed by atoms with E-state index in [2.05, 4.69) is 21.2 Å².